The zero-order valence-corrected chi connectivity index (χ0v) is 20.0. The highest BCUT2D eigenvalue weighted by Crippen LogP contribution is 2.29. The Labute approximate surface area is 211 Å². The van der Waals surface area contributed by atoms with E-state index >= 15 is 0 Å². The molecule has 2 aromatic heterocycles. The first-order valence-electron chi connectivity index (χ1n) is 11.8. The normalized spacial score (nSPS) is 13.7. The van der Waals surface area contributed by atoms with Gasteiger partial charge in [0, 0.05) is 30.9 Å². The lowest BCUT2D eigenvalue weighted by atomic mass is 10.1. The molecular formula is C26H24F3N7O. The van der Waals surface area contributed by atoms with Gasteiger partial charge in [0.15, 0.2) is 5.82 Å². The Kier molecular flexibility index (Phi) is 6.60. The van der Waals surface area contributed by atoms with Crippen LogP contribution in [0.15, 0.2) is 55.0 Å². The van der Waals surface area contributed by atoms with Crippen molar-refractivity contribution in [3.63, 3.8) is 0 Å². The molecule has 1 saturated heterocycles. The molecule has 2 aromatic carbocycles. The first-order valence-corrected chi connectivity index (χ1v) is 11.8. The third-order valence-corrected chi connectivity index (χ3v) is 6.24. The summed E-state index contributed by atoms with van der Waals surface area (Å²) in [5.74, 6) is 0.781. The van der Waals surface area contributed by atoms with E-state index in [4.69, 9.17) is 4.98 Å². The fourth-order valence-corrected chi connectivity index (χ4v) is 4.13. The number of benzene rings is 2. The van der Waals surface area contributed by atoms with Crippen molar-refractivity contribution in [1.29, 1.82) is 0 Å². The number of aryl methyl sites for hydroxylation is 1. The predicted molar refractivity (Wildman–Crippen MR) is 134 cm³/mol. The standard InChI is InChI=1S/C26H24F3N7O/c1-16-4-7-18(24(37)30-13-17-5-8-19(9-6-17)26(27,28)29)12-20(16)34-23-22-21(32-15-33-23)14-31-25(35-22)36-10-2-3-11-36/h4-9,12,14-15H,2-3,10-11,13H2,1H3,(H,30,37)(H,32,33,34). The van der Waals surface area contributed by atoms with Crippen LogP contribution in [0.1, 0.15) is 39.9 Å². The number of alkyl halides is 3. The van der Waals surface area contributed by atoms with Gasteiger partial charge in [-0.2, -0.15) is 13.2 Å². The SMILES string of the molecule is Cc1ccc(C(=O)NCc2ccc(C(F)(F)F)cc2)cc1Nc1ncnc2cnc(N3CCCC3)nc12. The molecule has 5 rings (SSSR count). The van der Waals surface area contributed by atoms with E-state index in [2.05, 4.69) is 30.5 Å². The van der Waals surface area contributed by atoms with Crippen molar-refractivity contribution in [2.45, 2.75) is 32.5 Å². The number of nitrogens with zero attached hydrogens (tertiary/aromatic N) is 5. The molecule has 0 atom stereocenters. The summed E-state index contributed by atoms with van der Waals surface area (Å²) in [6.45, 7) is 3.82. The minimum atomic E-state index is -4.40. The van der Waals surface area contributed by atoms with Gasteiger partial charge < -0.3 is 15.5 Å². The molecule has 1 aliphatic heterocycles. The van der Waals surface area contributed by atoms with Crippen molar-refractivity contribution in [3.8, 4) is 0 Å². The van der Waals surface area contributed by atoms with Gasteiger partial charge in [0.2, 0.25) is 5.95 Å². The summed E-state index contributed by atoms with van der Waals surface area (Å²) in [6, 6.07) is 9.90. The van der Waals surface area contributed by atoms with Gasteiger partial charge in [-0.3, -0.25) is 4.79 Å². The van der Waals surface area contributed by atoms with Crippen molar-refractivity contribution < 1.29 is 18.0 Å². The lowest BCUT2D eigenvalue weighted by molar-refractivity contribution is -0.137. The molecule has 8 nitrogen and oxygen atoms in total. The smallest absolute Gasteiger partial charge is 0.348 e. The van der Waals surface area contributed by atoms with Crippen LogP contribution in [0.3, 0.4) is 0 Å². The second-order valence-electron chi connectivity index (χ2n) is 8.85. The van der Waals surface area contributed by atoms with Gasteiger partial charge in [-0.05, 0) is 55.2 Å². The van der Waals surface area contributed by atoms with Crippen LogP contribution >= 0.6 is 0 Å². The Bertz CT molecular complexity index is 1430. The molecule has 190 valence electrons. The third-order valence-electron chi connectivity index (χ3n) is 6.24. The molecule has 0 unspecified atom stereocenters. The zero-order valence-electron chi connectivity index (χ0n) is 20.0. The Morgan fingerprint density at radius 3 is 2.51 bits per heavy atom. The van der Waals surface area contributed by atoms with E-state index in [1.54, 1.807) is 18.3 Å². The maximum atomic E-state index is 12.8. The number of rotatable bonds is 6. The Morgan fingerprint density at radius 1 is 1.03 bits per heavy atom. The molecule has 4 aromatic rings. The summed E-state index contributed by atoms with van der Waals surface area (Å²) in [7, 11) is 0. The lowest BCUT2D eigenvalue weighted by Crippen LogP contribution is -2.23. The third kappa shape index (κ3) is 5.45. The molecule has 0 aliphatic carbocycles. The fourth-order valence-electron chi connectivity index (χ4n) is 4.13. The lowest BCUT2D eigenvalue weighted by Gasteiger charge is -2.16. The van der Waals surface area contributed by atoms with Crippen LogP contribution in [0, 0.1) is 6.92 Å². The van der Waals surface area contributed by atoms with Crippen LogP contribution in [0.5, 0.6) is 0 Å². The largest absolute Gasteiger partial charge is 0.416 e. The van der Waals surface area contributed by atoms with Gasteiger partial charge in [0.25, 0.3) is 5.91 Å². The van der Waals surface area contributed by atoms with Crippen LogP contribution in [-0.4, -0.2) is 38.9 Å². The van der Waals surface area contributed by atoms with E-state index in [9.17, 15) is 18.0 Å². The van der Waals surface area contributed by atoms with E-state index in [-0.39, 0.29) is 12.5 Å². The van der Waals surface area contributed by atoms with Crippen LogP contribution in [0.25, 0.3) is 11.0 Å². The average Bonchev–Trinajstić information content (AvgIpc) is 3.43. The zero-order chi connectivity index (χ0) is 26.0. The van der Waals surface area contributed by atoms with Gasteiger partial charge in [0.05, 0.1) is 11.8 Å². The Hall–Kier alpha value is -4.28. The highest BCUT2D eigenvalue weighted by atomic mass is 19.4. The molecule has 0 bridgehead atoms. The fraction of sp³-hybridized carbons (Fsp3) is 0.269. The van der Waals surface area contributed by atoms with E-state index in [0.29, 0.717) is 39.6 Å². The minimum Gasteiger partial charge on any atom is -0.348 e. The number of nitrogens with one attached hydrogen (secondary N) is 2. The van der Waals surface area contributed by atoms with Crippen LogP contribution < -0.4 is 15.5 Å². The van der Waals surface area contributed by atoms with Gasteiger partial charge in [0.1, 0.15) is 17.4 Å². The first-order chi connectivity index (χ1) is 17.8. The molecule has 11 heteroatoms. The van der Waals surface area contributed by atoms with E-state index in [1.807, 2.05) is 13.0 Å². The molecule has 1 fully saturated rings. The predicted octanol–water partition coefficient (Wildman–Crippen LogP) is 5.02. The number of hydrogen-bond donors (Lipinski definition) is 2. The molecule has 2 N–H and O–H groups in total. The number of anilines is 3. The van der Waals surface area contributed by atoms with Crippen LogP contribution in [-0.2, 0) is 12.7 Å². The molecule has 1 aliphatic rings. The van der Waals surface area contributed by atoms with Crippen molar-refractivity contribution in [1.82, 2.24) is 25.3 Å². The quantitative estimate of drug-likeness (QED) is 0.378. The molecule has 3 heterocycles. The Morgan fingerprint density at radius 2 is 1.78 bits per heavy atom. The molecule has 37 heavy (non-hydrogen) atoms. The van der Waals surface area contributed by atoms with Gasteiger partial charge in [-0.1, -0.05) is 18.2 Å². The highest BCUT2D eigenvalue weighted by molar-refractivity contribution is 5.96. The molecule has 0 spiro atoms. The average molecular weight is 508 g/mol. The Balaban J connectivity index is 1.33. The second-order valence-corrected chi connectivity index (χ2v) is 8.85. The number of amides is 1. The monoisotopic (exact) mass is 507 g/mol. The maximum absolute atomic E-state index is 12.8. The molecule has 0 saturated carbocycles. The summed E-state index contributed by atoms with van der Waals surface area (Å²) < 4.78 is 38.3. The minimum absolute atomic E-state index is 0.0976. The number of fused-ring (bicyclic) bond motifs is 1. The summed E-state index contributed by atoms with van der Waals surface area (Å²) >= 11 is 0. The molecular weight excluding hydrogens is 483 g/mol. The van der Waals surface area contributed by atoms with Gasteiger partial charge in [-0.15, -0.1) is 0 Å². The van der Waals surface area contributed by atoms with Crippen molar-refractivity contribution >= 4 is 34.4 Å². The summed E-state index contributed by atoms with van der Waals surface area (Å²) in [5.41, 5.74) is 2.97. The van der Waals surface area contributed by atoms with Crippen molar-refractivity contribution in [2.24, 2.45) is 0 Å². The van der Waals surface area contributed by atoms with Gasteiger partial charge in [-0.25, -0.2) is 19.9 Å². The van der Waals surface area contributed by atoms with Crippen molar-refractivity contribution in [2.75, 3.05) is 23.3 Å². The number of carbonyl (C=O) groups excluding carboxylic acids is 1. The summed E-state index contributed by atoms with van der Waals surface area (Å²) in [4.78, 5) is 32.7. The maximum Gasteiger partial charge on any atom is 0.416 e. The summed E-state index contributed by atoms with van der Waals surface area (Å²) in [6.07, 6.45) is 0.916. The van der Waals surface area contributed by atoms with Gasteiger partial charge >= 0.3 is 6.18 Å². The van der Waals surface area contributed by atoms with Crippen LogP contribution in [0.2, 0.25) is 0 Å². The topological polar surface area (TPSA) is 95.9 Å². The van der Waals surface area contributed by atoms with Crippen molar-refractivity contribution in [3.05, 3.63) is 77.2 Å². The number of aromatic nitrogens is 4. The second kappa shape index (κ2) is 10.00. The van der Waals surface area contributed by atoms with Crippen LogP contribution in [0.4, 0.5) is 30.6 Å². The first kappa shape index (κ1) is 24.4. The number of halogens is 3. The summed E-state index contributed by atoms with van der Waals surface area (Å²) in [5, 5.41) is 6.03. The number of carbonyl (C=O) groups is 1. The van der Waals surface area contributed by atoms with E-state index in [1.165, 1.54) is 18.5 Å². The molecule has 0 radical (unpaired) electrons. The van der Waals surface area contributed by atoms with E-state index in [0.717, 1.165) is 43.6 Å². The highest BCUT2D eigenvalue weighted by Gasteiger charge is 2.29. The van der Waals surface area contributed by atoms with E-state index < -0.39 is 11.7 Å². The number of hydrogen-bond acceptors (Lipinski definition) is 7. The molecule has 1 amide bonds.